The number of benzene rings is 2. The first-order valence-electron chi connectivity index (χ1n) is 9.88. The van der Waals surface area contributed by atoms with Gasteiger partial charge in [-0.2, -0.15) is 0 Å². The first-order valence-corrected chi connectivity index (χ1v) is 11.4. The summed E-state index contributed by atoms with van der Waals surface area (Å²) in [5.74, 6) is 1.92. The maximum Gasteiger partial charge on any atom is 0.232 e. The predicted octanol–water partition coefficient (Wildman–Crippen LogP) is 4.43. The van der Waals surface area contributed by atoms with Crippen molar-refractivity contribution in [2.45, 2.75) is 11.9 Å². The summed E-state index contributed by atoms with van der Waals surface area (Å²) in [5, 5.41) is 2.80. The van der Waals surface area contributed by atoms with Crippen LogP contribution < -0.4 is 4.74 Å². The second-order valence-electron chi connectivity index (χ2n) is 7.07. The highest BCUT2D eigenvalue weighted by molar-refractivity contribution is 7.99. The Labute approximate surface area is 185 Å². The lowest BCUT2D eigenvalue weighted by atomic mass is 10.1. The van der Waals surface area contributed by atoms with Crippen LogP contribution in [0, 0.1) is 0 Å². The molecule has 0 saturated carbocycles. The summed E-state index contributed by atoms with van der Waals surface area (Å²) in [4.78, 5) is 18.6. The molecule has 1 aliphatic heterocycles. The minimum Gasteiger partial charge on any atom is -0.488 e. The number of carbonyl (C=O) groups is 1. The Morgan fingerprint density at radius 1 is 1.20 bits per heavy atom. The Morgan fingerprint density at radius 2 is 2.07 bits per heavy atom. The minimum absolute atomic E-state index is 0.132. The van der Waals surface area contributed by atoms with E-state index >= 15 is 0 Å². The zero-order valence-electron chi connectivity index (χ0n) is 16.5. The molecule has 1 fully saturated rings. The van der Waals surface area contributed by atoms with Gasteiger partial charge in [0.2, 0.25) is 5.91 Å². The van der Waals surface area contributed by atoms with Gasteiger partial charge in [-0.05, 0) is 28.5 Å². The summed E-state index contributed by atoms with van der Waals surface area (Å²) in [6, 6.07) is 18.2. The molecule has 2 aromatic carbocycles. The van der Waals surface area contributed by atoms with E-state index in [1.165, 1.54) is 16.3 Å². The van der Waals surface area contributed by atoms with Crippen molar-refractivity contribution in [3.05, 3.63) is 71.5 Å². The van der Waals surface area contributed by atoms with Gasteiger partial charge < -0.3 is 14.4 Å². The molecule has 1 saturated heterocycles. The normalized spacial score (nSPS) is 16.6. The van der Waals surface area contributed by atoms with E-state index < -0.39 is 0 Å². The van der Waals surface area contributed by atoms with Crippen LogP contribution in [0.25, 0.3) is 10.8 Å². The second kappa shape index (κ2) is 10.2. The molecule has 0 bridgehead atoms. The number of thioether (sulfide) groups is 1. The molecule has 0 spiro atoms. The number of aromatic nitrogens is 1. The number of carbonyl (C=O) groups excluding carboxylic acids is 1. The first kappa shape index (κ1) is 21.0. The number of morpholine rings is 1. The molecule has 1 aliphatic rings. The molecule has 1 unspecified atom stereocenters. The third-order valence-electron chi connectivity index (χ3n) is 5.00. The average Bonchev–Trinajstić information content (AvgIpc) is 2.79. The van der Waals surface area contributed by atoms with Crippen molar-refractivity contribution >= 4 is 40.0 Å². The lowest BCUT2D eigenvalue weighted by Gasteiger charge is -2.32. The lowest BCUT2D eigenvalue weighted by molar-refractivity contribution is -0.137. The highest BCUT2D eigenvalue weighted by atomic mass is 35.5. The lowest BCUT2D eigenvalue weighted by Crippen LogP contribution is -2.48. The number of pyridine rings is 1. The van der Waals surface area contributed by atoms with Crippen molar-refractivity contribution in [2.75, 3.05) is 32.1 Å². The van der Waals surface area contributed by atoms with Crippen LogP contribution in [0.3, 0.4) is 0 Å². The Kier molecular flexibility index (Phi) is 7.10. The fourth-order valence-electron chi connectivity index (χ4n) is 3.47. The van der Waals surface area contributed by atoms with Gasteiger partial charge in [0.15, 0.2) is 10.9 Å². The van der Waals surface area contributed by atoms with Crippen molar-refractivity contribution < 1.29 is 14.3 Å². The smallest absolute Gasteiger partial charge is 0.232 e. The number of halogens is 1. The van der Waals surface area contributed by atoms with E-state index in [0.29, 0.717) is 43.0 Å². The molecule has 7 heteroatoms. The predicted molar refractivity (Wildman–Crippen MR) is 121 cm³/mol. The van der Waals surface area contributed by atoms with Crippen molar-refractivity contribution in [3.63, 3.8) is 0 Å². The molecule has 0 radical (unpaired) electrons. The Bertz CT molecular complexity index is 1010. The van der Waals surface area contributed by atoms with E-state index in [0.717, 1.165) is 5.75 Å². The topological polar surface area (TPSA) is 51.7 Å². The number of rotatable bonds is 7. The average molecular weight is 443 g/mol. The number of fused-ring (bicyclic) bond motifs is 1. The molecule has 156 valence electrons. The van der Waals surface area contributed by atoms with Crippen LogP contribution >= 0.6 is 23.4 Å². The van der Waals surface area contributed by atoms with Crippen LogP contribution in [0.2, 0.25) is 5.15 Å². The van der Waals surface area contributed by atoms with E-state index in [1.54, 1.807) is 30.1 Å². The van der Waals surface area contributed by atoms with Crippen molar-refractivity contribution in [2.24, 2.45) is 0 Å². The fourth-order valence-corrected chi connectivity index (χ4v) is 4.57. The van der Waals surface area contributed by atoms with Gasteiger partial charge in [0.1, 0.15) is 12.7 Å². The van der Waals surface area contributed by atoms with Crippen LogP contribution in [0.15, 0.2) is 60.8 Å². The Balaban J connectivity index is 1.26. The quantitative estimate of drug-likeness (QED) is 0.507. The van der Waals surface area contributed by atoms with Crippen molar-refractivity contribution in [3.8, 4) is 5.75 Å². The molecule has 30 heavy (non-hydrogen) atoms. The fraction of sp³-hybridized carbons (Fsp3) is 0.304. The zero-order chi connectivity index (χ0) is 20.8. The zero-order valence-corrected chi connectivity index (χ0v) is 18.1. The molecule has 5 nitrogen and oxygen atoms in total. The SMILES string of the molecule is O=C(CSCc1cccc2ccccc12)N1CCOC(COc2cccnc2Cl)C1. The van der Waals surface area contributed by atoms with Crippen molar-refractivity contribution in [1.82, 2.24) is 9.88 Å². The molecular weight excluding hydrogens is 420 g/mol. The molecule has 2 heterocycles. The summed E-state index contributed by atoms with van der Waals surface area (Å²) in [6.07, 6.45) is 1.44. The van der Waals surface area contributed by atoms with Gasteiger partial charge in [-0.1, -0.05) is 54.1 Å². The van der Waals surface area contributed by atoms with Gasteiger partial charge in [0.25, 0.3) is 0 Å². The Hall–Kier alpha value is -2.28. The third kappa shape index (κ3) is 5.25. The summed E-state index contributed by atoms with van der Waals surface area (Å²) in [6.45, 7) is 1.97. The highest BCUT2D eigenvalue weighted by Crippen LogP contribution is 2.24. The van der Waals surface area contributed by atoms with E-state index in [-0.39, 0.29) is 12.0 Å². The van der Waals surface area contributed by atoms with E-state index in [9.17, 15) is 4.79 Å². The summed E-state index contributed by atoms with van der Waals surface area (Å²) in [7, 11) is 0. The molecular formula is C23H23ClN2O3S. The van der Waals surface area contributed by atoms with Crippen LogP contribution in [0.4, 0.5) is 0 Å². The maximum absolute atomic E-state index is 12.7. The minimum atomic E-state index is -0.179. The van der Waals surface area contributed by atoms with Gasteiger partial charge in [-0.15, -0.1) is 11.8 Å². The van der Waals surface area contributed by atoms with E-state index in [4.69, 9.17) is 21.1 Å². The van der Waals surface area contributed by atoms with Gasteiger partial charge >= 0.3 is 0 Å². The highest BCUT2D eigenvalue weighted by Gasteiger charge is 2.25. The molecule has 1 atom stereocenters. The van der Waals surface area contributed by atoms with Crippen molar-refractivity contribution in [1.29, 1.82) is 0 Å². The molecule has 4 rings (SSSR count). The third-order valence-corrected chi connectivity index (χ3v) is 6.25. The number of hydrogen-bond acceptors (Lipinski definition) is 5. The maximum atomic E-state index is 12.7. The van der Waals surface area contributed by atoms with Gasteiger partial charge in [-0.25, -0.2) is 4.98 Å². The van der Waals surface area contributed by atoms with E-state index in [1.807, 2.05) is 11.0 Å². The van der Waals surface area contributed by atoms with Crippen LogP contribution in [0.5, 0.6) is 5.75 Å². The first-order chi connectivity index (χ1) is 14.7. The molecule has 1 amide bonds. The second-order valence-corrected chi connectivity index (χ2v) is 8.41. The summed E-state index contributed by atoms with van der Waals surface area (Å²) < 4.78 is 11.5. The van der Waals surface area contributed by atoms with Gasteiger partial charge in [-0.3, -0.25) is 4.79 Å². The number of amides is 1. The van der Waals surface area contributed by atoms with Crippen LogP contribution in [-0.4, -0.2) is 54.0 Å². The molecule has 0 N–H and O–H groups in total. The van der Waals surface area contributed by atoms with Crippen LogP contribution in [0.1, 0.15) is 5.56 Å². The Morgan fingerprint density at radius 3 is 2.97 bits per heavy atom. The monoisotopic (exact) mass is 442 g/mol. The standard InChI is InChI=1S/C23H23ClN2O3S/c24-23-21(9-4-10-25-23)29-14-19-13-26(11-12-28-19)22(27)16-30-15-18-7-3-6-17-5-1-2-8-20(17)18/h1-10,19H,11-16H2. The summed E-state index contributed by atoms with van der Waals surface area (Å²) in [5.41, 5.74) is 1.26. The van der Waals surface area contributed by atoms with Gasteiger partial charge in [0, 0.05) is 18.5 Å². The largest absolute Gasteiger partial charge is 0.488 e. The molecule has 1 aromatic heterocycles. The van der Waals surface area contributed by atoms with Crippen LogP contribution in [-0.2, 0) is 15.3 Å². The number of hydrogen-bond donors (Lipinski definition) is 0. The summed E-state index contributed by atoms with van der Waals surface area (Å²) >= 11 is 7.67. The molecule has 0 aliphatic carbocycles. The number of nitrogens with zero attached hydrogens (tertiary/aromatic N) is 2. The van der Waals surface area contributed by atoms with Gasteiger partial charge in [0.05, 0.1) is 18.9 Å². The van der Waals surface area contributed by atoms with E-state index in [2.05, 4.69) is 41.4 Å². The molecule has 3 aromatic rings. The number of ether oxygens (including phenoxy) is 2.